The lowest BCUT2D eigenvalue weighted by Crippen LogP contribution is -2.18. The fourth-order valence-corrected chi connectivity index (χ4v) is 9.46. The maximum Gasteiger partial charge on any atom is 0.101 e. The van der Waals surface area contributed by atoms with Crippen molar-refractivity contribution < 1.29 is 0 Å². The summed E-state index contributed by atoms with van der Waals surface area (Å²) in [5.41, 5.74) is 18.1. The first-order valence-corrected chi connectivity index (χ1v) is 20.4. The topological polar surface area (TPSA) is 20.5 Å². The number of pyridine rings is 1. The van der Waals surface area contributed by atoms with E-state index in [4.69, 9.17) is 5.10 Å². The first-order valence-electron chi connectivity index (χ1n) is 20.4. The number of benzene rings is 8. The molecule has 280 valence electrons. The Kier molecular flexibility index (Phi) is 8.16. The van der Waals surface area contributed by atoms with Crippen LogP contribution in [0.4, 0.5) is 17.1 Å². The average Bonchev–Trinajstić information content (AvgIpc) is 3.81. The van der Waals surface area contributed by atoms with E-state index in [-0.39, 0.29) is 5.41 Å². The highest BCUT2D eigenvalue weighted by Crippen LogP contribution is 2.54. The smallest absolute Gasteiger partial charge is 0.101 e. The lowest BCUT2D eigenvalue weighted by Gasteiger charge is -2.32. The molecule has 0 saturated heterocycles. The van der Waals surface area contributed by atoms with Gasteiger partial charge in [-0.05, 0) is 51.6 Å². The average molecular weight is 756 g/mol. The third kappa shape index (κ3) is 5.54. The molecule has 2 heterocycles. The minimum Gasteiger partial charge on any atom is -0.307 e. The lowest BCUT2D eigenvalue weighted by molar-refractivity contribution is 0.660. The molecule has 0 unspecified atom stereocenters. The molecule has 1 aliphatic carbocycles. The van der Waals surface area contributed by atoms with Crippen LogP contribution < -0.4 is 4.90 Å². The van der Waals surface area contributed by atoms with Crippen LogP contribution in [-0.4, -0.2) is 9.61 Å². The lowest BCUT2D eigenvalue weighted by atomic mass is 9.82. The Labute approximate surface area is 345 Å². The van der Waals surface area contributed by atoms with Crippen molar-refractivity contribution in [3.8, 4) is 55.9 Å². The zero-order valence-electron chi connectivity index (χ0n) is 33.0. The Morgan fingerprint density at radius 3 is 1.66 bits per heavy atom. The van der Waals surface area contributed by atoms with Gasteiger partial charge in [0.1, 0.15) is 5.69 Å². The van der Waals surface area contributed by atoms with Gasteiger partial charge in [0.15, 0.2) is 0 Å². The molecule has 0 radical (unpaired) electrons. The highest BCUT2D eigenvalue weighted by atomic mass is 15.3. The summed E-state index contributed by atoms with van der Waals surface area (Å²) in [5, 5.41) is 7.97. The number of anilines is 3. The zero-order valence-corrected chi connectivity index (χ0v) is 33.0. The summed E-state index contributed by atoms with van der Waals surface area (Å²) in [4.78, 5) is 2.51. The van der Waals surface area contributed by atoms with Crippen molar-refractivity contribution in [1.29, 1.82) is 0 Å². The number of para-hydroxylation sites is 1. The molecule has 0 saturated carbocycles. The van der Waals surface area contributed by atoms with Crippen LogP contribution in [0.25, 0.3) is 72.2 Å². The maximum atomic E-state index is 5.69. The van der Waals surface area contributed by atoms with E-state index in [0.717, 1.165) is 78.1 Å². The van der Waals surface area contributed by atoms with Crippen LogP contribution in [0.15, 0.2) is 212 Å². The van der Waals surface area contributed by atoms with E-state index < -0.39 is 0 Å². The molecule has 0 bridgehead atoms. The summed E-state index contributed by atoms with van der Waals surface area (Å²) in [6.07, 6.45) is 0. The van der Waals surface area contributed by atoms with Crippen LogP contribution in [0.3, 0.4) is 0 Å². The molecule has 0 atom stereocenters. The van der Waals surface area contributed by atoms with Gasteiger partial charge in [0, 0.05) is 44.1 Å². The quantitative estimate of drug-likeness (QED) is 0.161. The van der Waals surface area contributed by atoms with E-state index in [9.17, 15) is 0 Å². The summed E-state index contributed by atoms with van der Waals surface area (Å²) < 4.78 is 2.24. The predicted octanol–water partition coefficient (Wildman–Crippen LogP) is 14.9. The van der Waals surface area contributed by atoms with E-state index in [1.807, 2.05) is 0 Å². The number of aromatic nitrogens is 2. The van der Waals surface area contributed by atoms with Crippen molar-refractivity contribution in [2.75, 3.05) is 4.90 Å². The summed E-state index contributed by atoms with van der Waals surface area (Å²) in [6, 6.07) is 76.7. The monoisotopic (exact) mass is 755 g/mol. The number of fused-ring (bicyclic) bond motifs is 6. The summed E-state index contributed by atoms with van der Waals surface area (Å²) >= 11 is 0. The maximum absolute atomic E-state index is 5.69. The fraction of sp³-hybridized carbons (Fsp3) is 0.0536. The van der Waals surface area contributed by atoms with Crippen LogP contribution in [0, 0.1) is 0 Å². The Balaban J connectivity index is 1.32. The van der Waals surface area contributed by atoms with Crippen molar-refractivity contribution in [2.45, 2.75) is 19.3 Å². The normalized spacial score (nSPS) is 12.7. The molecular weight excluding hydrogens is 715 g/mol. The van der Waals surface area contributed by atoms with Gasteiger partial charge in [-0.1, -0.05) is 208 Å². The van der Waals surface area contributed by atoms with Gasteiger partial charge in [-0.2, -0.15) is 5.10 Å². The second-order valence-corrected chi connectivity index (χ2v) is 15.9. The number of rotatable bonds is 7. The number of nitrogens with zero attached hydrogens (tertiary/aromatic N) is 3. The Bertz CT molecular complexity index is 3170. The predicted molar refractivity (Wildman–Crippen MR) is 247 cm³/mol. The van der Waals surface area contributed by atoms with Crippen LogP contribution in [-0.2, 0) is 5.41 Å². The van der Waals surface area contributed by atoms with Crippen molar-refractivity contribution in [1.82, 2.24) is 9.61 Å². The van der Waals surface area contributed by atoms with Crippen molar-refractivity contribution in [3.63, 3.8) is 0 Å². The van der Waals surface area contributed by atoms with Crippen LogP contribution in [0.5, 0.6) is 0 Å². The molecule has 8 aromatic carbocycles. The highest BCUT2D eigenvalue weighted by Gasteiger charge is 2.37. The van der Waals surface area contributed by atoms with Gasteiger partial charge in [0.2, 0.25) is 0 Å². The molecule has 1 aliphatic rings. The molecule has 11 rings (SSSR count). The first-order chi connectivity index (χ1) is 29.1. The minimum atomic E-state index is -0.183. The molecule has 3 heteroatoms. The summed E-state index contributed by atoms with van der Waals surface area (Å²) in [7, 11) is 0. The standard InChI is InChI=1S/C56H41N3/c1-56(2)48-33-19-17-30-44(48)45-36-35-42(37-49(45)56)58(50-34-20-18-29-43(50)38-21-7-3-8-22-38)55-47-32-16-15-31-46(47)54-51(39-23-9-4-10-24-39)52(40-25-11-5-12-26-40)57-59(54)53(55)41-27-13-6-14-28-41/h3-37H,1-2H3. The second-order valence-electron chi connectivity index (χ2n) is 15.9. The fourth-order valence-electron chi connectivity index (χ4n) is 9.46. The Hall–Kier alpha value is -7.49. The highest BCUT2D eigenvalue weighted by molar-refractivity contribution is 6.16. The molecule has 3 nitrogen and oxygen atoms in total. The summed E-state index contributed by atoms with van der Waals surface area (Å²) in [5.74, 6) is 0. The zero-order chi connectivity index (χ0) is 39.5. The molecular formula is C56H41N3. The molecule has 0 N–H and O–H groups in total. The van der Waals surface area contributed by atoms with Gasteiger partial charge in [0.05, 0.1) is 22.6 Å². The third-order valence-electron chi connectivity index (χ3n) is 12.2. The molecule has 2 aromatic heterocycles. The number of hydrogen-bond donors (Lipinski definition) is 0. The van der Waals surface area contributed by atoms with Gasteiger partial charge in [-0.15, -0.1) is 0 Å². The first kappa shape index (κ1) is 34.7. The third-order valence-corrected chi connectivity index (χ3v) is 12.2. The Morgan fingerprint density at radius 1 is 0.441 bits per heavy atom. The van der Waals surface area contributed by atoms with Crippen molar-refractivity contribution in [3.05, 3.63) is 223 Å². The van der Waals surface area contributed by atoms with E-state index >= 15 is 0 Å². The van der Waals surface area contributed by atoms with Gasteiger partial charge >= 0.3 is 0 Å². The van der Waals surface area contributed by atoms with Gasteiger partial charge in [-0.25, -0.2) is 4.52 Å². The van der Waals surface area contributed by atoms with Crippen LogP contribution >= 0.6 is 0 Å². The van der Waals surface area contributed by atoms with Gasteiger partial charge in [0.25, 0.3) is 0 Å². The second kappa shape index (κ2) is 13.9. The van der Waals surface area contributed by atoms with Gasteiger partial charge < -0.3 is 4.90 Å². The van der Waals surface area contributed by atoms with Crippen LogP contribution in [0.1, 0.15) is 25.0 Å². The van der Waals surface area contributed by atoms with E-state index in [1.54, 1.807) is 0 Å². The minimum absolute atomic E-state index is 0.183. The van der Waals surface area contributed by atoms with Crippen molar-refractivity contribution in [2.24, 2.45) is 0 Å². The van der Waals surface area contributed by atoms with Crippen molar-refractivity contribution >= 4 is 33.4 Å². The Morgan fingerprint density at radius 2 is 0.966 bits per heavy atom. The van der Waals surface area contributed by atoms with Gasteiger partial charge in [-0.3, -0.25) is 0 Å². The molecule has 0 fully saturated rings. The van der Waals surface area contributed by atoms with E-state index in [0.29, 0.717) is 0 Å². The number of hydrogen-bond acceptors (Lipinski definition) is 2. The SMILES string of the molecule is CC1(C)c2ccccc2-c2ccc(N(c3ccccc3-c3ccccc3)c3c(-c4ccccc4)n4nc(-c5ccccc5)c(-c5ccccc5)c4c4ccccc34)cc21. The summed E-state index contributed by atoms with van der Waals surface area (Å²) in [6.45, 7) is 4.72. The van der Waals surface area contributed by atoms with Crippen LogP contribution in [0.2, 0.25) is 0 Å². The van der Waals surface area contributed by atoms with E-state index in [2.05, 4.69) is 236 Å². The molecule has 0 amide bonds. The molecule has 59 heavy (non-hydrogen) atoms. The van der Waals surface area contributed by atoms with E-state index in [1.165, 1.54) is 22.3 Å². The molecule has 0 spiro atoms. The largest absolute Gasteiger partial charge is 0.307 e. The molecule has 0 aliphatic heterocycles. The molecule has 10 aromatic rings.